The van der Waals surface area contributed by atoms with Crippen LogP contribution >= 0.6 is 15.9 Å². The number of rotatable bonds is 9. The number of likely N-dealkylation sites (tertiary alicyclic amines) is 1. The average Bonchev–Trinajstić information content (AvgIpc) is 3.07. The largest absolute Gasteiger partial charge is 0.493 e. The third-order valence-corrected chi connectivity index (χ3v) is 4.91. The lowest BCUT2D eigenvalue weighted by atomic mass is 10.2. The Balaban J connectivity index is 1.90. The number of aliphatic imine (C=N–C) groups is 1. The molecular formula is C19H29BrN4O3. The second-order valence-electron chi connectivity index (χ2n) is 6.27. The maximum Gasteiger partial charge on any atom is 0.222 e. The molecule has 1 aromatic carbocycles. The van der Waals surface area contributed by atoms with Crippen molar-refractivity contribution in [3.63, 3.8) is 0 Å². The van der Waals surface area contributed by atoms with Gasteiger partial charge in [0, 0.05) is 32.6 Å². The Morgan fingerprint density at radius 3 is 2.74 bits per heavy atom. The van der Waals surface area contributed by atoms with Crippen LogP contribution in [0.4, 0.5) is 0 Å². The van der Waals surface area contributed by atoms with Crippen molar-refractivity contribution in [2.45, 2.75) is 32.7 Å². The SMILES string of the molecule is CCNC(=NCc1cc(Br)c(OC)c(OC)c1)NCCCN1CCCC1=O. The van der Waals surface area contributed by atoms with E-state index in [9.17, 15) is 4.79 Å². The summed E-state index contributed by atoms with van der Waals surface area (Å²) in [5.41, 5.74) is 1.01. The van der Waals surface area contributed by atoms with Crippen LogP contribution in [0.2, 0.25) is 0 Å². The molecule has 2 N–H and O–H groups in total. The molecular weight excluding hydrogens is 412 g/mol. The Kier molecular flexibility index (Phi) is 8.71. The molecule has 1 aliphatic rings. The number of carbonyl (C=O) groups is 1. The highest BCUT2D eigenvalue weighted by atomic mass is 79.9. The van der Waals surface area contributed by atoms with E-state index >= 15 is 0 Å². The van der Waals surface area contributed by atoms with Gasteiger partial charge in [0.25, 0.3) is 0 Å². The lowest BCUT2D eigenvalue weighted by Gasteiger charge is -2.16. The Bertz CT molecular complexity index is 667. The van der Waals surface area contributed by atoms with Crippen molar-refractivity contribution in [3.05, 3.63) is 22.2 Å². The number of halogens is 1. The summed E-state index contributed by atoms with van der Waals surface area (Å²) in [6.07, 6.45) is 2.58. The Morgan fingerprint density at radius 2 is 2.11 bits per heavy atom. The Morgan fingerprint density at radius 1 is 1.30 bits per heavy atom. The zero-order valence-electron chi connectivity index (χ0n) is 16.3. The first kappa shape index (κ1) is 21.3. The van der Waals surface area contributed by atoms with Crippen LogP contribution in [0.5, 0.6) is 11.5 Å². The number of hydrogen-bond donors (Lipinski definition) is 2. The fourth-order valence-corrected chi connectivity index (χ4v) is 3.64. The third-order valence-electron chi connectivity index (χ3n) is 4.33. The summed E-state index contributed by atoms with van der Waals surface area (Å²) in [7, 11) is 3.23. The van der Waals surface area contributed by atoms with Gasteiger partial charge in [-0.15, -0.1) is 0 Å². The second kappa shape index (κ2) is 11.0. The van der Waals surface area contributed by atoms with Gasteiger partial charge < -0.3 is 25.0 Å². The summed E-state index contributed by atoms with van der Waals surface area (Å²) >= 11 is 3.51. The van der Waals surface area contributed by atoms with E-state index in [-0.39, 0.29) is 5.91 Å². The molecule has 7 nitrogen and oxygen atoms in total. The first-order valence-electron chi connectivity index (χ1n) is 9.29. The minimum absolute atomic E-state index is 0.273. The first-order chi connectivity index (χ1) is 13.1. The summed E-state index contributed by atoms with van der Waals surface area (Å²) in [5.74, 6) is 2.38. The van der Waals surface area contributed by atoms with E-state index in [2.05, 4.69) is 31.6 Å². The van der Waals surface area contributed by atoms with Crippen LogP contribution in [0.1, 0.15) is 31.7 Å². The quantitative estimate of drug-likeness (QED) is 0.350. The molecule has 1 fully saturated rings. The standard InChI is InChI=1S/C19H29BrN4O3/c1-4-21-19(22-8-6-10-24-9-5-7-17(24)25)23-13-14-11-15(20)18(27-3)16(12-14)26-2/h11-12H,4-10,13H2,1-3H3,(H2,21,22,23). The molecule has 0 radical (unpaired) electrons. The van der Waals surface area contributed by atoms with E-state index in [1.807, 2.05) is 24.0 Å². The topological polar surface area (TPSA) is 75.2 Å². The lowest BCUT2D eigenvalue weighted by Crippen LogP contribution is -2.39. The van der Waals surface area contributed by atoms with Gasteiger partial charge in [0.15, 0.2) is 17.5 Å². The highest BCUT2D eigenvalue weighted by Crippen LogP contribution is 2.36. The number of hydrogen-bond acceptors (Lipinski definition) is 4. The minimum atomic E-state index is 0.273. The molecule has 0 spiro atoms. The molecule has 0 atom stereocenters. The smallest absolute Gasteiger partial charge is 0.222 e. The van der Waals surface area contributed by atoms with Crippen molar-refractivity contribution >= 4 is 27.8 Å². The Hall–Kier alpha value is -1.96. The van der Waals surface area contributed by atoms with Crippen LogP contribution in [0, 0.1) is 0 Å². The van der Waals surface area contributed by atoms with Gasteiger partial charge in [-0.05, 0) is 53.4 Å². The van der Waals surface area contributed by atoms with E-state index in [1.165, 1.54) is 0 Å². The number of nitrogens with zero attached hydrogens (tertiary/aromatic N) is 2. The van der Waals surface area contributed by atoms with Crippen molar-refractivity contribution < 1.29 is 14.3 Å². The number of nitrogens with one attached hydrogen (secondary N) is 2. The van der Waals surface area contributed by atoms with Gasteiger partial charge in [-0.3, -0.25) is 4.79 Å². The summed E-state index contributed by atoms with van der Waals surface area (Å²) in [5, 5.41) is 6.58. The van der Waals surface area contributed by atoms with Crippen LogP contribution in [0.15, 0.2) is 21.6 Å². The Labute approximate surface area is 169 Å². The molecule has 1 heterocycles. The summed E-state index contributed by atoms with van der Waals surface area (Å²) in [6.45, 7) is 5.79. The first-order valence-corrected chi connectivity index (χ1v) is 10.1. The summed E-state index contributed by atoms with van der Waals surface area (Å²) in [4.78, 5) is 18.2. The molecule has 0 saturated carbocycles. The summed E-state index contributed by atoms with van der Waals surface area (Å²) < 4.78 is 11.6. The maximum absolute atomic E-state index is 11.6. The second-order valence-corrected chi connectivity index (χ2v) is 7.13. The minimum Gasteiger partial charge on any atom is -0.493 e. The fraction of sp³-hybridized carbons (Fsp3) is 0.579. The van der Waals surface area contributed by atoms with Gasteiger partial charge >= 0.3 is 0 Å². The molecule has 2 rings (SSSR count). The number of guanidine groups is 1. The highest BCUT2D eigenvalue weighted by Gasteiger charge is 2.18. The molecule has 0 bridgehead atoms. The van der Waals surface area contributed by atoms with Crippen molar-refractivity contribution in [1.82, 2.24) is 15.5 Å². The molecule has 27 heavy (non-hydrogen) atoms. The van der Waals surface area contributed by atoms with Gasteiger partial charge in [0.2, 0.25) is 5.91 Å². The van der Waals surface area contributed by atoms with Crippen molar-refractivity contribution in [2.24, 2.45) is 4.99 Å². The monoisotopic (exact) mass is 440 g/mol. The molecule has 1 aromatic rings. The molecule has 0 unspecified atom stereocenters. The van der Waals surface area contributed by atoms with Crippen molar-refractivity contribution in [3.8, 4) is 11.5 Å². The fourth-order valence-electron chi connectivity index (χ4n) is 2.99. The maximum atomic E-state index is 11.6. The zero-order chi connectivity index (χ0) is 19.6. The number of ether oxygens (including phenoxy) is 2. The molecule has 8 heteroatoms. The molecule has 150 valence electrons. The van der Waals surface area contributed by atoms with Gasteiger partial charge in [0.1, 0.15) is 0 Å². The van der Waals surface area contributed by atoms with Crippen molar-refractivity contribution in [2.75, 3.05) is 40.4 Å². The highest BCUT2D eigenvalue weighted by molar-refractivity contribution is 9.10. The van der Waals surface area contributed by atoms with Crippen LogP contribution < -0.4 is 20.1 Å². The van der Waals surface area contributed by atoms with Gasteiger partial charge in [-0.25, -0.2) is 4.99 Å². The third kappa shape index (κ3) is 6.30. The predicted molar refractivity (Wildman–Crippen MR) is 110 cm³/mol. The summed E-state index contributed by atoms with van der Waals surface area (Å²) in [6, 6.07) is 3.91. The lowest BCUT2D eigenvalue weighted by molar-refractivity contribution is -0.127. The van der Waals surface area contributed by atoms with Gasteiger partial charge in [-0.2, -0.15) is 0 Å². The van der Waals surface area contributed by atoms with Gasteiger partial charge in [-0.1, -0.05) is 0 Å². The van der Waals surface area contributed by atoms with E-state index < -0.39 is 0 Å². The van der Waals surface area contributed by atoms with E-state index in [0.717, 1.165) is 55.0 Å². The molecule has 1 aliphatic heterocycles. The number of methoxy groups -OCH3 is 2. The van der Waals surface area contributed by atoms with Gasteiger partial charge in [0.05, 0.1) is 25.2 Å². The van der Waals surface area contributed by atoms with Crippen LogP contribution in [0.25, 0.3) is 0 Å². The average molecular weight is 441 g/mol. The number of carbonyl (C=O) groups excluding carboxylic acids is 1. The van der Waals surface area contributed by atoms with Crippen LogP contribution in [0.3, 0.4) is 0 Å². The van der Waals surface area contributed by atoms with Crippen LogP contribution in [-0.2, 0) is 11.3 Å². The number of benzene rings is 1. The zero-order valence-corrected chi connectivity index (χ0v) is 17.9. The molecule has 0 aliphatic carbocycles. The van der Waals surface area contributed by atoms with Crippen molar-refractivity contribution in [1.29, 1.82) is 0 Å². The van der Waals surface area contributed by atoms with Crippen LogP contribution in [-0.4, -0.2) is 57.2 Å². The van der Waals surface area contributed by atoms with E-state index in [4.69, 9.17) is 9.47 Å². The molecule has 1 saturated heterocycles. The van der Waals surface area contributed by atoms with E-state index in [1.54, 1.807) is 14.2 Å². The molecule has 0 aromatic heterocycles. The number of amides is 1. The normalized spacial score (nSPS) is 14.4. The van der Waals surface area contributed by atoms with E-state index in [0.29, 0.717) is 24.5 Å². The molecule has 1 amide bonds. The predicted octanol–water partition coefficient (Wildman–Crippen LogP) is 2.53.